The van der Waals surface area contributed by atoms with E-state index in [0.29, 0.717) is 11.0 Å². The molecule has 0 aliphatic rings. The number of para-hydroxylation sites is 1. The summed E-state index contributed by atoms with van der Waals surface area (Å²) in [5.74, 6) is 0. The maximum absolute atomic E-state index is 12.1. The molecule has 0 radical (unpaired) electrons. The summed E-state index contributed by atoms with van der Waals surface area (Å²) in [6.45, 7) is 2.00. The van der Waals surface area contributed by atoms with E-state index in [1.54, 1.807) is 23.9 Å². The van der Waals surface area contributed by atoms with Gasteiger partial charge in [-0.2, -0.15) is 0 Å². The Labute approximate surface area is 91.9 Å². The van der Waals surface area contributed by atoms with Gasteiger partial charge in [-0.3, -0.25) is 4.79 Å². The minimum Gasteiger partial charge on any atom is -0.463 e. The van der Waals surface area contributed by atoms with E-state index in [0.717, 1.165) is 16.5 Å². The summed E-state index contributed by atoms with van der Waals surface area (Å²) in [5, 5.41) is 1.63. The van der Waals surface area contributed by atoms with E-state index in [1.807, 2.05) is 25.1 Å². The molecule has 3 nitrogen and oxygen atoms in total. The number of aryl methyl sites for hydroxylation is 2. The lowest BCUT2D eigenvalue weighted by atomic mass is 10.1. The van der Waals surface area contributed by atoms with Gasteiger partial charge in [0.1, 0.15) is 5.58 Å². The lowest BCUT2D eigenvalue weighted by Gasteiger charge is -2.07. The number of benzene rings is 1. The maximum Gasteiger partial charge on any atom is 0.261 e. The minimum absolute atomic E-state index is 0.00875. The normalized spacial score (nSPS) is 11.4. The zero-order valence-electron chi connectivity index (χ0n) is 9.15. The quantitative estimate of drug-likeness (QED) is 0.575. The predicted molar refractivity (Wildman–Crippen MR) is 63.7 cm³/mol. The highest BCUT2D eigenvalue weighted by Crippen LogP contribution is 2.24. The maximum atomic E-state index is 12.1. The number of furan rings is 1. The number of fused-ring (bicyclic) bond motifs is 3. The van der Waals surface area contributed by atoms with Gasteiger partial charge in [-0.05, 0) is 24.6 Å². The Morgan fingerprint density at radius 3 is 2.81 bits per heavy atom. The summed E-state index contributed by atoms with van der Waals surface area (Å²) in [5.41, 5.74) is 2.69. The van der Waals surface area contributed by atoms with Gasteiger partial charge in [0.25, 0.3) is 5.56 Å². The molecule has 0 spiro atoms. The van der Waals surface area contributed by atoms with Gasteiger partial charge in [0.15, 0.2) is 0 Å². The molecule has 2 aromatic heterocycles. The Kier molecular flexibility index (Phi) is 1.72. The van der Waals surface area contributed by atoms with Crippen molar-refractivity contribution in [1.29, 1.82) is 0 Å². The first-order valence-electron chi connectivity index (χ1n) is 5.15. The number of hydrogen-bond acceptors (Lipinski definition) is 2. The van der Waals surface area contributed by atoms with Gasteiger partial charge >= 0.3 is 0 Å². The highest BCUT2D eigenvalue weighted by atomic mass is 16.3. The minimum atomic E-state index is -0.00875. The second-order valence-corrected chi connectivity index (χ2v) is 4.00. The van der Waals surface area contributed by atoms with Crippen molar-refractivity contribution in [3.05, 3.63) is 46.4 Å². The molecular weight excluding hydrogens is 202 g/mol. The van der Waals surface area contributed by atoms with E-state index in [4.69, 9.17) is 4.42 Å². The summed E-state index contributed by atoms with van der Waals surface area (Å²) < 4.78 is 7.09. The van der Waals surface area contributed by atoms with E-state index in [-0.39, 0.29) is 5.56 Å². The first kappa shape index (κ1) is 9.21. The molecule has 3 aromatic rings. The van der Waals surface area contributed by atoms with Crippen LogP contribution < -0.4 is 5.56 Å². The summed E-state index contributed by atoms with van der Waals surface area (Å²) in [4.78, 5) is 12.1. The summed E-state index contributed by atoms with van der Waals surface area (Å²) in [6.07, 6.45) is 1.56. The lowest BCUT2D eigenvalue weighted by molar-refractivity contribution is 0.618. The molecule has 0 unspecified atom stereocenters. The Morgan fingerprint density at radius 2 is 2.00 bits per heavy atom. The zero-order chi connectivity index (χ0) is 11.3. The van der Waals surface area contributed by atoms with E-state index in [2.05, 4.69) is 0 Å². The van der Waals surface area contributed by atoms with Crippen molar-refractivity contribution in [3.8, 4) is 0 Å². The van der Waals surface area contributed by atoms with Crippen LogP contribution in [0.4, 0.5) is 0 Å². The van der Waals surface area contributed by atoms with Crippen LogP contribution in [0.1, 0.15) is 5.56 Å². The van der Waals surface area contributed by atoms with Crippen LogP contribution in [0, 0.1) is 6.92 Å². The molecule has 2 heterocycles. The molecule has 0 atom stereocenters. The van der Waals surface area contributed by atoms with Crippen LogP contribution in [0.2, 0.25) is 0 Å². The van der Waals surface area contributed by atoms with E-state index in [1.165, 1.54) is 0 Å². The van der Waals surface area contributed by atoms with Crippen molar-refractivity contribution in [2.75, 3.05) is 0 Å². The molecule has 0 aliphatic heterocycles. The molecule has 0 bridgehead atoms. The second-order valence-electron chi connectivity index (χ2n) is 4.00. The Balaban J connectivity index is 2.77. The fourth-order valence-electron chi connectivity index (χ4n) is 2.26. The van der Waals surface area contributed by atoms with Crippen molar-refractivity contribution < 1.29 is 4.42 Å². The number of rotatable bonds is 0. The first-order chi connectivity index (χ1) is 7.70. The molecule has 0 saturated carbocycles. The van der Waals surface area contributed by atoms with Crippen molar-refractivity contribution in [3.63, 3.8) is 0 Å². The SMILES string of the molecule is Cc1cccc2c3occc3c(=O)n(C)c12. The molecule has 0 aliphatic carbocycles. The third-order valence-electron chi connectivity index (χ3n) is 3.02. The smallest absolute Gasteiger partial charge is 0.261 e. The number of hydrogen-bond donors (Lipinski definition) is 0. The van der Waals surface area contributed by atoms with Crippen LogP contribution in [0.15, 0.2) is 39.7 Å². The topological polar surface area (TPSA) is 35.1 Å². The van der Waals surface area contributed by atoms with Crippen LogP contribution >= 0.6 is 0 Å². The second kappa shape index (κ2) is 2.98. The highest BCUT2D eigenvalue weighted by molar-refractivity contribution is 6.03. The molecule has 80 valence electrons. The molecule has 16 heavy (non-hydrogen) atoms. The van der Waals surface area contributed by atoms with Gasteiger partial charge in [0.05, 0.1) is 17.2 Å². The molecule has 0 amide bonds. The van der Waals surface area contributed by atoms with Crippen LogP contribution in [0.3, 0.4) is 0 Å². The number of pyridine rings is 1. The third kappa shape index (κ3) is 0.999. The third-order valence-corrected chi connectivity index (χ3v) is 3.02. The van der Waals surface area contributed by atoms with Crippen LogP contribution in [0.5, 0.6) is 0 Å². The molecule has 1 aromatic carbocycles. The average molecular weight is 213 g/mol. The molecule has 3 rings (SSSR count). The lowest BCUT2D eigenvalue weighted by Crippen LogP contribution is -2.17. The standard InChI is InChI=1S/C13H11NO2/c1-8-4-3-5-9-11(8)14(2)13(15)10-6-7-16-12(9)10/h3-7H,1-2H3. The van der Waals surface area contributed by atoms with E-state index < -0.39 is 0 Å². The fourth-order valence-corrected chi connectivity index (χ4v) is 2.26. The van der Waals surface area contributed by atoms with Crippen LogP contribution in [-0.2, 0) is 7.05 Å². The van der Waals surface area contributed by atoms with Gasteiger partial charge in [-0.1, -0.05) is 12.1 Å². The van der Waals surface area contributed by atoms with Gasteiger partial charge in [0.2, 0.25) is 0 Å². The molecular formula is C13H11NO2. The van der Waals surface area contributed by atoms with Gasteiger partial charge in [0, 0.05) is 12.4 Å². The average Bonchev–Trinajstić information content (AvgIpc) is 2.74. The number of aromatic nitrogens is 1. The van der Waals surface area contributed by atoms with E-state index >= 15 is 0 Å². The summed E-state index contributed by atoms with van der Waals surface area (Å²) >= 11 is 0. The van der Waals surface area contributed by atoms with Crippen molar-refractivity contribution in [2.45, 2.75) is 6.92 Å². The molecule has 0 N–H and O–H groups in total. The summed E-state index contributed by atoms with van der Waals surface area (Å²) in [6, 6.07) is 7.67. The summed E-state index contributed by atoms with van der Waals surface area (Å²) in [7, 11) is 1.80. The fraction of sp³-hybridized carbons (Fsp3) is 0.154. The molecule has 0 saturated heterocycles. The predicted octanol–water partition coefficient (Wildman–Crippen LogP) is 2.59. The van der Waals surface area contributed by atoms with E-state index in [9.17, 15) is 4.79 Å². The highest BCUT2D eigenvalue weighted by Gasteiger charge is 2.11. The zero-order valence-corrected chi connectivity index (χ0v) is 9.15. The van der Waals surface area contributed by atoms with Crippen LogP contribution in [0.25, 0.3) is 21.9 Å². The van der Waals surface area contributed by atoms with Crippen molar-refractivity contribution in [1.82, 2.24) is 4.57 Å². The van der Waals surface area contributed by atoms with Gasteiger partial charge in [-0.15, -0.1) is 0 Å². The molecule has 0 fully saturated rings. The first-order valence-corrected chi connectivity index (χ1v) is 5.15. The Hall–Kier alpha value is -2.03. The van der Waals surface area contributed by atoms with Crippen LogP contribution in [-0.4, -0.2) is 4.57 Å². The van der Waals surface area contributed by atoms with Crippen molar-refractivity contribution in [2.24, 2.45) is 7.05 Å². The van der Waals surface area contributed by atoms with Gasteiger partial charge < -0.3 is 8.98 Å². The Bertz CT molecular complexity index is 750. The molecule has 3 heteroatoms. The monoisotopic (exact) mass is 213 g/mol. The Morgan fingerprint density at radius 1 is 1.19 bits per heavy atom. The van der Waals surface area contributed by atoms with Gasteiger partial charge in [-0.25, -0.2) is 0 Å². The number of nitrogens with zero attached hydrogens (tertiary/aromatic N) is 1. The van der Waals surface area contributed by atoms with Crippen molar-refractivity contribution >= 4 is 21.9 Å². The largest absolute Gasteiger partial charge is 0.463 e.